The summed E-state index contributed by atoms with van der Waals surface area (Å²) in [6.45, 7) is 10.4. The van der Waals surface area contributed by atoms with Crippen LogP contribution in [0.2, 0.25) is 0 Å². The summed E-state index contributed by atoms with van der Waals surface area (Å²) < 4.78 is 0. The monoisotopic (exact) mass is 418 g/mol. The van der Waals surface area contributed by atoms with Gasteiger partial charge in [-0.05, 0) is 61.4 Å². The minimum Gasteiger partial charge on any atom is -0.325 e. The van der Waals surface area contributed by atoms with Gasteiger partial charge in [0.2, 0.25) is 5.91 Å². The molecule has 5 heteroatoms. The molecule has 2 unspecified atom stereocenters. The first-order valence-corrected chi connectivity index (χ1v) is 10.8. The molecule has 2 aromatic carbocycles. The zero-order valence-electron chi connectivity index (χ0n) is 18.9. The molecule has 1 amide bonds. The Balaban J connectivity index is 1.61. The summed E-state index contributed by atoms with van der Waals surface area (Å²) in [7, 11) is 0. The Morgan fingerprint density at radius 3 is 2.42 bits per heavy atom. The van der Waals surface area contributed by atoms with E-state index in [9.17, 15) is 9.59 Å². The number of nitrogens with zero attached hydrogens (tertiary/aromatic N) is 1. The molecule has 2 aromatic rings. The topological polar surface area (TPSA) is 67.8 Å². The van der Waals surface area contributed by atoms with E-state index in [-0.39, 0.29) is 16.7 Å². The minimum atomic E-state index is -0.587. The zero-order chi connectivity index (χ0) is 22.4. The molecule has 162 valence electrons. The van der Waals surface area contributed by atoms with E-state index in [1.165, 1.54) is 0 Å². The Kier molecular flexibility index (Phi) is 5.03. The van der Waals surface area contributed by atoms with Crippen LogP contribution in [0, 0.1) is 30.1 Å². The number of fused-ring (bicyclic) bond motifs is 2. The number of oxime groups is 1. The van der Waals surface area contributed by atoms with Crippen LogP contribution in [0.5, 0.6) is 0 Å². The number of hydrogen-bond donors (Lipinski definition) is 1. The highest BCUT2D eigenvalue weighted by Crippen LogP contribution is 2.71. The Morgan fingerprint density at radius 2 is 1.71 bits per heavy atom. The van der Waals surface area contributed by atoms with Crippen molar-refractivity contribution in [3.8, 4) is 0 Å². The third-order valence-electron chi connectivity index (χ3n) is 8.06. The van der Waals surface area contributed by atoms with Crippen molar-refractivity contribution in [1.82, 2.24) is 0 Å². The van der Waals surface area contributed by atoms with Crippen molar-refractivity contribution in [2.75, 3.05) is 5.32 Å². The van der Waals surface area contributed by atoms with E-state index in [2.05, 4.69) is 31.2 Å². The quantitative estimate of drug-likeness (QED) is 0.514. The van der Waals surface area contributed by atoms with Gasteiger partial charge in [0, 0.05) is 17.5 Å². The Morgan fingerprint density at radius 1 is 1.00 bits per heavy atom. The summed E-state index contributed by atoms with van der Waals surface area (Å²) >= 11 is 0. The normalized spacial score (nSPS) is 27.3. The van der Waals surface area contributed by atoms with Crippen LogP contribution < -0.4 is 5.32 Å². The largest absolute Gasteiger partial charge is 0.365 e. The molecule has 2 atom stereocenters. The van der Waals surface area contributed by atoms with Crippen LogP contribution in [0.25, 0.3) is 0 Å². The number of anilines is 1. The number of benzene rings is 2. The first kappa shape index (κ1) is 21.3. The van der Waals surface area contributed by atoms with Crippen molar-refractivity contribution >= 4 is 23.3 Å². The number of carbonyl (C=O) groups excluding carboxylic acids is 2. The van der Waals surface area contributed by atoms with Gasteiger partial charge in [-0.15, -0.1) is 0 Å². The highest BCUT2D eigenvalue weighted by atomic mass is 16.7. The third kappa shape index (κ3) is 3.18. The van der Waals surface area contributed by atoms with E-state index >= 15 is 0 Å². The highest BCUT2D eigenvalue weighted by Gasteiger charge is 2.71. The van der Waals surface area contributed by atoms with Gasteiger partial charge in [0.05, 0.1) is 16.7 Å². The molecule has 2 aliphatic rings. The van der Waals surface area contributed by atoms with E-state index in [0.717, 1.165) is 35.4 Å². The lowest BCUT2D eigenvalue weighted by Gasteiger charge is -2.39. The molecule has 0 heterocycles. The minimum absolute atomic E-state index is 0.0227. The second-order valence-corrected chi connectivity index (χ2v) is 9.77. The molecule has 5 nitrogen and oxygen atoms in total. The second kappa shape index (κ2) is 7.33. The summed E-state index contributed by atoms with van der Waals surface area (Å²) in [5, 5.41) is 7.50. The van der Waals surface area contributed by atoms with Crippen LogP contribution in [-0.2, 0) is 9.63 Å². The predicted molar refractivity (Wildman–Crippen MR) is 122 cm³/mol. The number of carbonyl (C=O) groups is 2. The molecule has 1 N–H and O–H groups in total. The average Bonchev–Trinajstić information content (AvgIpc) is 3.06. The van der Waals surface area contributed by atoms with Crippen molar-refractivity contribution in [2.24, 2.45) is 21.4 Å². The molecule has 2 saturated carbocycles. The fraction of sp³-hybridized carbons (Fsp3) is 0.423. The van der Waals surface area contributed by atoms with Gasteiger partial charge in [-0.25, -0.2) is 4.79 Å². The van der Waals surface area contributed by atoms with Gasteiger partial charge in [0.25, 0.3) is 0 Å². The van der Waals surface area contributed by atoms with Crippen molar-refractivity contribution in [2.45, 2.75) is 53.9 Å². The van der Waals surface area contributed by atoms with Crippen LogP contribution in [-0.4, -0.2) is 17.6 Å². The summed E-state index contributed by atoms with van der Waals surface area (Å²) in [5.74, 6) is -0.458. The molecule has 0 saturated heterocycles. The van der Waals surface area contributed by atoms with Gasteiger partial charge in [-0.1, -0.05) is 56.3 Å². The van der Waals surface area contributed by atoms with Crippen molar-refractivity contribution < 1.29 is 14.4 Å². The van der Waals surface area contributed by atoms with E-state index in [1.54, 1.807) is 24.3 Å². The van der Waals surface area contributed by atoms with Gasteiger partial charge in [-0.2, -0.15) is 0 Å². The molecular formula is C26H30N2O3. The van der Waals surface area contributed by atoms with Crippen LogP contribution in [0.15, 0.2) is 53.7 Å². The van der Waals surface area contributed by atoms with Crippen molar-refractivity contribution in [3.05, 3.63) is 65.2 Å². The molecule has 2 aliphatic carbocycles. The molecule has 31 heavy (non-hydrogen) atoms. The summed E-state index contributed by atoms with van der Waals surface area (Å²) in [4.78, 5) is 31.4. The van der Waals surface area contributed by atoms with Crippen LogP contribution >= 0.6 is 0 Å². The molecule has 2 bridgehead atoms. The zero-order valence-corrected chi connectivity index (χ0v) is 18.9. The van der Waals surface area contributed by atoms with Crippen LogP contribution in [0.3, 0.4) is 0 Å². The fourth-order valence-corrected chi connectivity index (χ4v) is 5.36. The summed E-state index contributed by atoms with van der Waals surface area (Å²) in [6, 6.07) is 14.9. The maximum Gasteiger partial charge on any atom is 0.365 e. The Bertz CT molecular complexity index is 1070. The van der Waals surface area contributed by atoms with Crippen LogP contribution in [0.1, 0.15) is 61.5 Å². The molecule has 0 radical (unpaired) electrons. The van der Waals surface area contributed by atoms with E-state index in [1.807, 2.05) is 38.1 Å². The maximum absolute atomic E-state index is 13.6. The summed E-state index contributed by atoms with van der Waals surface area (Å²) in [5.41, 5.74) is 3.04. The van der Waals surface area contributed by atoms with Crippen LogP contribution in [0.4, 0.5) is 5.69 Å². The van der Waals surface area contributed by atoms with Crippen molar-refractivity contribution in [1.29, 1.82) is 0 Å². The Labute approximate surface area is 183 Å². The van der Waals surface area contributed by atoms with E-state index in [0.29, 0.717) is 12.0 Å². The van der Waals surface area contributed by atoms with Gasteiger partial charge in [0.15, 0.2) is 0 Å². The maximum atomic E-state index is 13.6. The molecule has 2 fully saturated rings. The standard InChI is InChI=1S/C26H30N2O3/c1-17-11-12-18(2)20(15-17)27-23(30)26-14-13-25(5,24(26,3)4)21(16-26)28-31-22(29)19-9-7-6-8-10-19/h6-12,15H,13-14,16H2,1-5H3,(H,27,30). The number of aryl methyl sites for hydroxylation is 2. The number of rotatable bonds is 4. The first-order valence-electron chi connectivity index (χ1n) is 10.8. The smallest absolute Gasteiger partial charge is 0.325 e. The highest BCUT2D eigenvalue weighted by molar-refractivity contribution is 6.06. The molecule has 4 rings (SSSR count). The van der Waals surface area contributed by atoms with Crippen molar-refractivity contribution in [3.63, 3.8) is 0 Å². The third-order valence-corrected chi connectivity index (χ3v) is 8.06. The lowest BCUT2D eigenvalue weighted by molar-refractivity contribution is -0.130. The molecular weight excluding hydrogens is 388 g/mol. The van der Waals surface area contributed by atoms with E-state index < -0.39 is 11.4 Å². The van der Waals surface area contributed by atoms with Gasteiger partial charge < -0.3 is 10.2 Å². The van der Waals surface area contributed by atoms with Gasteiger partial charge in [-0.3, -0.25) is 4.79 Å². The van der Waals surface area contributed by atoms with E-state index in [4.69, 9.17) is 4.84 Å². The fourth-order valence-electron chi connectivity index (χ4n) is 5.36. The number of hydrogen-bond acceptors (Lipinski definition) is 4. The SMILES string of the molecule is Cc1ccc(C)c(NC(=O)C23CCC(C)(C(=NOC(=O)c4ccccc4)C2)C3(C)C)c1. The first-order chi connectivity index (χ1) is 14.6. The average molecular weight is 419 g/mol. The number of nitrogens with one attached hydrogen (secondary N) is 1. The lowest BCUT2D eigenvalue weighted by atomic mass is 9.64. The Hall–Kier alpha value is -2.95. The number of amides is 1. The molecule has 0 aromatic heterocycles. The lowest BCUT2D eigenvalue weighted by Crippen LogP contribution is -2.43. The predicted octanol–water partition coefficient (Wildman–Crippen LogP) is 5.67. The second-order valence-electron chi connectivity index (χ2n) is 9.77. The van der Waals surface area contributed by atoms with Gasteiger partial charge in [0.1, 0.15) is 0 Å². The molecule has 0 spiro atoms. The summed E-state index contributed by atoms with van der Waals surface area (Å²) in [6.07, 6.45) is 2.12. The molecule has 0 aliphatic heterocycles. The van der Waals surface area contributed by atoms with Gasteiger partial charge >= 0.3 is 5.97 Å².